The van der Waals surface area contributed by atoms with Gasteiger partial charge in [0.05, 0.1) is 11.1 Å². The predicted molar refractivity (Wildman–Crippen MR) is 103 cm³/mol. The Morgan fingerprint density at radius 2 is 1.53 bits per heavy atom. The van der Waals surface area contributed by atoms with Gasteiger partial charge in [0, 0.05) is 17.3 Å². The first-order valence-corrected chi connectivity index (χ1v) is 8.85. The Labute approximate surface area is 177 Å². The van der Waals surface area contributed by atoms with Crippen LogP contribution in [0.5, 0.6) is 0 Å². The van der Waals surface area contributed by atoms with Crippen molar-refractivity contribution in [3.63, 3.8) is 0 Å². The van der Waals surface area contributed by atoms with Crippen LogP contribution in [-0.2, 0) is 17.1 Å². The van der Waals surface area contributed by atoms with Gasteiger partial charge in [-0.1, -0.05) is 18.2 Å². The second kappa shape index (κ2) is 8.63. The largest absolute Gasteiger partial charge is 0.457 e. The summed E-state index contributed by atoms with van der Waals surface area (Å²) in [6, 6.07) is 12.6. The van der Waals surface area contributed by atoms with E-state index in [1.165, 1.54) is 30.3 Å². The van der Waals surface area contributed by atoms with Crippen LogP contribution in [0.3, 0.4) is 0 Å². The molecule has 0 atom stereocenters. The third kappa shape index (κ3) is 5.37. The van der Waals surface area contributed by atoms with Crippen molar-refractivity contribution < 1.29 is 35.6 Å². The molecule has 0 fully saturated rings. The molecule has 0 saturated carbocycles. The Morgan fingerprint density at radius 3 is 2.16 bits per heavy atom. The number of hydrogen-bond acceptors (Lipinski definition) is 3. The normalized spacial score (nSPS) is 12.3. The van der Waals surface area contributed by atoms with Crippen LogP contribution in [0.15, 0.2) is 70.7 Å². The van der Waals surface area contributed by atoms with Crippen molar-refractivity contribution >= 4 is 17.7 Å². The Kier molecular flexibility index (Phi) is 6.11. The quantitative estimate of drug-likeness (QED) is 0.279. The van der Waals surface area contributed by atoms with Gasteiger partial charge in [-0.3, -0.25) is 4.79 Å². The van der Waals surface area contributed by atoms with Crippen LogP contribution < -0.4 is 5.32 Å². The number of nitrogens with zero attached hydrogens (tertiary/aromatic N) is 1. The molecule has 4 nitrogen and oxygen atoms in total. The summed E-state index contributed by atoms with van der Waals surface area (Å²) in [7, 11) is 0. The van der Waals surface area contributed by atoms with Crippen LogP contribution in [0.4, 0.5) is 32.0 Å². The van der Waals surface area contributed by atoms with E-state index < -0.39 is 35.0 Å². The maximum absolute atomic E-state index is 12.9. The summed E-state index contributed by atoms with van der Waals surface area (Å²) in [5.41, 5.74) is -2.37. The maximum atomic E-state index is 12.9. The molecule has 0 unspecified atom stereocenters. The molecule has 0 bridgehead atoms. The lowest BCUT2D eigenvalue weighted by atomic mass is 10.1. The summed E-state index contributed by atoms with van der Waals surface area (Å²) < 4.78 is 82.5. The molecule has 0 aliphatic carbocycles. The van der Waals surface area contributed by atoms with E-state index in [0.29, 0.717) is 6.07 Å². The van der Waals surface area contributed by atoms with Crippen molar-refractivity contribution in [1.29, 1.82) is 5.26 Å². The molecular weight excluding hydrogens is 438 g/mol. The summed E-state index contributed by atoms with van der Waals surface area (Å²) >= 11 is 0. The second-order valence-electron chi connectivity index (χ2n) is 6.48. The first kappa shape index (κ1) is 22.7. The Bertz CT molecular complexity index is 1220. The van der Waals surface area contributed by atoms with Gasteiger partial charge in [0.25, 0.3) is 5.91 Å². The molecule has 164 valence electrons. The lowest BCUT2D eigenvalue weighted by Gasteiger charge is -2.09. The van der Waals surface area contributed by atoms with Gasteiger partial charge in [-0.15, -0.1) is 0 Å². The average Bonchev–Trinajstić information content (AvgIpc) is 3.20. The molecule has 0 aliphatic heterocycles. The fourth-order valence-electron chi connectivity index (χ4n) is 2.70. The van der Waals surface area contributed by atoms with Crippen molar-refractivity contribution in [2.45, 2.75) is 12.4 Å². The molecule has 1 aromatic heterocycles. The number of halogens is 6. The molecule has 1 heterocycles. The van der Waals surface area contributed by atoms with E-state index in [9.17, 15) is 36.4 Å². The van der Waals surface area contributed by atoms with Gasteiger partial charge in [-0.2, -0.15) is 31.6 Å². The molecular formula is C22H12F6N2O2. The monoisotopic (exact) mass is 450 g/mol. The highest BCUT2D eigenvalue weighted by atomic mass is 19.4. The summed E-state index contributed by atoms with van der Waals surface area (Å²) in [4.78, 5) is 12.3. The molecule has 10 heteroatoms. The minimum atomic E-state index is -4.61. The highest BCUT2D eigenvalue weighted by Crippen LogP contribution is 2.33. The minimum absolute atomic E-state index is 0.00634. The molecule has 0 spiro atoms. The number of carbonyl (C=O) groups is 1. The SMILES string of the molecule is N#CC(=Cc1ccc(-c2cccc(C(F)(F)F)c2)o1)C(=O)Nc1cccc(C(F)(F)F)c1. The van der Waals surface area contributed by atoms with Crippen LogP contribution in [0.2, 0.25) is 0 Å². The number of benzene rings is 2. The van der Waals surface area contributed by atoms with E-state index in [2.05, 4.69) is 5.32 Å². The van der Waals surface area contributed by atoms with Gasteiger partial charge in [0.2, 0.25) is 0 Å². The van der Waals surface area contributed by atoms with E-state index in [1.54, 1.807) is 6.07 Å². The van der Waals surface area contributed by atoms with E-state index in [-0.39, 0.29) is 22.8 Å². The fourth-order valence-corrected chi connectivity index (χ4v) is 2.70. The van der Waals surface area contributed by atoms with Crippen molar-refractivity contribution in [3.05, 3.63) is 83.1 Å². The molecule has 32 heavy (non-hydrogen) atoms. The average molecular weight is 450 g/mol. The number of hydrogen-bond donors (Lipinski definition) is 1. The Balaban J connectivity index is 1.82. The standard InChI is InChI=1S/C22H12F6N2O2/c23-21(24,25)15-4-1-3-13(9-15)19-8-7-18(32-19)10-14(12-29)20(31)30-17-6-2-5-16(11-17)22(26,27)28/h1-11H,(H,30,31). The van der Waals surface area contributed by atoms with E-state index in [4.69, 9.17) is 4.42 Å². The summed E-state index contributed by atoms with van der Waals surface area (Å²) in [6.07, 6.45) is -8.12. The van der Waals surface area contributed by atoms with E-state index in [1.807, 2.05) is 0 Å². The van der Waals surface area contributed by atoms with Crippen LogP contribution in [0.25, 0.3) is 17.4 Å². The third-order valence-electron chi connectivity index (χ3n) is 4.20. The van der Waals surface area contributed by atoms with Crippen molar-refractivity contribution in [2.75, 3.05) is 5.32 Å². The predicted octanol–water partition coefficient (Wildman–Crippen LogP) is 6.53. The Morgan fingerprint density at radius 1 is 0.906 bits per heavy atom. The van der Waals surface area contributed by atoms with Gasteiger partial charge in [-0.25, -0.2) is 0 Å². The molecule has 0 saturated heterocycles. The number of anilines is 1. The number of nitriles is 1. The van der Waals surface area contributed by atoms with Crippen molar-refractivity contribution in [2.24, 2.45) is 0 Å². The van der Waals surface area contributed by atoms with E-state index in [0.717, 1.165) is 30.3 Å². The number of alkyl halides is 6. The van der Waals surface area contributed by atoms with Crippen LogP contribution in [0.1, 0.15) is 16.9 Å². The number of furan rings is 1. The molecule has 0 aliphatic rings. The number of rotatable bonds is 4. The van der Waals surface area contributed by atoms with Gasteiger partial charge in [0.15, 0.2) is 0 Å². The molecule has 1 N–H and O–H groups in total. The smallest absolute Gasteiger partial charge is 0.416 e. The van der Waals surface area contributed by atoms with Gasteiger partial charge < -0.3 is 9.73 Å². The van der Waals surface area contributed by atoms with E-state index >= 15 is 0 Å². The van der Waals surface area contributed by atoms with Crippen molar-refractivity contribution in [1.82, 2.24) is 0 Å². The highest BCUT2D eigenvalue weighted by Gasteiger charge is 2.31. The molecule has 3 aromatic rings. The van der Waals surface area contributed by atoms with Crippen molar-refractivity contribution in [3.8, 4) is 17.4 Å². The van der Waals surface area contributed by atoms with Gasteiger partial charge in [-0.05, 0) is 42.5 Å². The first-order chi connectivity index (χ1) is 15.0. The maximum Gasteiger partial charge on any atom is 0.416 e. The van der Waals surface area contributed by atoms with Gasteiger partial charge in [0.1, 0.15) is 23.2 Å². The van der Waals surface area contributed by atoms with Crippen LogP contribution in [-0.4, -0.2) is 5.91 Å². The fraction of sp³-hybridized carbons (Fsp3) is 0.0909. The Hall–Kier alpha value is -4.00. The number of nitrogens with one attached hydrogen (secondary N) is 1. The summed E-state index contributed by atoms with van der Waals surface area (Å²) in [5.74, 6) is -0.921. The van der Waals surface area contributed by atoms with Crippen LogP contribution >= 0.6 is 0 Å². The zero-order valence-electron chi connectivity index (χ0n) is 15.9. The molecule has 2 aromatic carbocycles. The van der Waals surface area contributed by atoms with Gasteiger partial charge >= 0.3 is 12.4 Å². The zero-order chi connectivity index (χ0) is 23.5. The van der Waals surface area contributed by atoms with Crippen LogP contribution in [0, 0.1) is 11.3 Å². The summed E-state index contributed by atoms with van der Waals surface area (Å²) in [5, 5.41) is 11.4. The molecule has 3 rings (SSSR count). The summed E-state index contributed by atoms with van der Waals surface area (Å²) in [6.45, 7) is 0. The minimum Gasteiger partial charge on any atom is -0.457 e. The topological polar surface area (TPSA) is 66.0 Å². The number of carbonyl (C=O) groups excluding carboxylic acids is 1. The zero-order valence-corrected chi connectivity index (χ0v) is 15.9. The lowest BCUT2D eigenvalue weighted by molar-refractivity contribution is -0.138. The molecule has 0 radical (unpaired) electrons. The molecule has 1 amide bonds. The lowest BCUT2D eigenvalue weighted by Crippen LogP contribution is -2.14. The number of amides is 1. The third-order valence-corrected chi connectivity index (χ3v) is 4.20. The highest BCUT2D eigenvalue weighted by molar-refractivity contribution is 6.09. The second-order valence-corrected chi connectivity index (χ2v) is 6.48. The first-order valence-electron chi connectivity index (χ1n) is 8.85.